The largest absolute Gasteiger partial charge is 0.434 e. The average molecular weight is 483 g/mol. The van der Waals surface area contributed by atoms with Crippen molar-refractivity contribution in [2.24, 2.45) is 0 Å². The summed E-state index contributed by atoms with van der Waals surface area (Å²) in [5, 5.41) is 9.32. The highest BCUT2D eigenvalue weighted by Crippen LogP contribution is 2.34. The molecular weight excluding hydrogens is 468 g/mol. The van der Waals surface area contributed by atoms with Gasteiger partial charge in [0, 0.05) is 16.8 Å². The van der Waals surface area contributed by atoms with Crippen molar-refractivity contribution in [1.29, 1.82) is 0 Å². The van der Waals surface area contributed by atoms with E-state index in [0.29, 0.717) is 9.70 Å². The Morgan fingerprint density at radius 2 is 1.69 bits per heavy atom. The number of amides is 2. The summed E-state index contributed by atoms with van der Waals surface area (Å²) in [6, 6.07) is 9.78. The van der Waals surface area contributed by atoms with Gasteiger partial charge in [-0.2, -0.15) is 18.3 Å². The lowest BCUT2D eigenvalue weighted by Gasteiger charge is -2.13. The first-order chi connectivity index (χ1) is 15.1. The average Bonchev–Trinajstić information content (AvgIpc) is 3.40. The second-order valence-electron chi connectivity index (χ2n) is 7.19. The number of nitrogens with one attached hydrogen (secondary N) is 2. The molecule has 0 bridgehead atoms. The van der Waals surface area contributed by atoms with E-state index >= 15 is 0 Å². The molecule has 3 aromatic rings. The Morgan fingerprint density at radius 3 is 2.28 bits per heavy atom. The Bertz CT molecular complexity index is 1190. The quantitative estimate of drug-likeness (QED) is 0.515. The van der Waals surface area contributed by atoms with Crippen LogP contribution in [-0.4, -0.2) is 27.6 Å². The molecule has 1 fully saturated rings. The number of aromatic nitrogens is 2. The Morgan fingerprint density at radius 1 is 1.00 bits per heavy atom. The molecule has 2 amide bonds. The topological polar surface area (TPSA) is 76.0 Å². The van der Waals surface area contributed by atoms with Gasteiger partial charge in [0.1, 0.15) is 0 Å². The number of halogens is 5. The van der Waals surface area contributed by atoms with Crippen molar-refractivity contribution in [2.75, 3.05) is 5.32 Å². The predicted molar refractivity (Wildman–Crippen MR) is 113 cm³/mol. The summed E-state index contributed by atoms with van der Waals surface area (Å²) >= 11 is 11.9. The lowest BCUT2D eigenvalue weighted by Crippen LogP contribution is -2.25. The van der Waals surface area contributed by atoms with Crippen LogP contribution in [0.1, 0.15) is 39.3 Å². The molecule has 11 heteroatoms. The molecule has 2 aromatic carbocycles. The zero-order chi connectivity index (χ0) is 23.0. The standard InChI is InChI=1S/C21H15Cl2F3N4O2/c22-11-1-6-14(7-2-11)30-18(21(24,25)26)16(10-27-30)20(32)29-13-5-8-15(17(23)9-13)19(31)28-12-3-4-12/h1-2,5-10,12H,3-4H2,(H,28,31)(H,29,32). The Kier molecular flexibility index (Phi) is 5.87. The number of hydrogen-bond acceptors (Lipinski definition) is 3. The van der Waals surface area contributed by atoms with Gasteiger partial charge in [-0.15, -0.1) is 0 Å². The molecular formula is C21H15Cl2F3N4O2. The Labute approximate surface area is 190 Å². The molecule has 1 aliphatic rings. The van der Waals surface area contributed by atoms with E-state index in [0.717, 1.165) is 19.0 Å². The van der Waals surface area contributed by atoms with Crippen LogP contribution >= 0.6 is 23.2 Å². The number of carbonyl (C=O) groups excluding carboxylic acids is 2. The van der Waals surface area contributed by atoms with Gasteiger partial charge in [0.05, 0.1) is 28.0 Å². The fourth-order valence-corrected chi connectivity index (χ4v) is 3.42. The smallest absolute Gasteiger partial charge is 0.349 e. The summed E-state index contributed by atoms with van der Waals surface area (Å²) in [5.74, 6) is -1.37. The summed E-state index contributed by atoms with van der Waals surface area (Å²) < 4.78 is 42.0. The minimum atomic E-state index is -4.86. The summed E-state index contributed by atoms with van der Waals surface area (Å²) in [6.45, 7) is 0. The normalized spacial score (nSPS) is 13.7. The fourth-order valence-electron chi connectivity index (χ4n) is 3.03. The van der Waals surface area contributed by atoms with Gasteiger partial charge >= 0.3 is 6.18 Å². The highest BCUT2D eigenvalue weighted by atomic mass is 35.5. The Hall–Kier alpha value is -3.04. The SMILES string of the molecule is O=C(NC1CC1)c1ccc(NC(=O)c2cnn(-c3ccc(Cl)cc3)c2C(F)(F)F)cc1Cl. The first-order valence-electron chi connectivity index (χ1n) is 9.46. The third kappa shape index (κ3) is 4.73. The molecule has 0 radical (unpaired) electrons. The maximum atomic E-state index is 13.8. The number of benzene rings is 2. The summed E-state index contributed by atoms with van der Waals surface area (Å²) in [4.78, 5) is 24.8. The minimum Gasteiger partial charge on any atom is -0.349 e. The molecule has 0 saturated heterocycles. The van der Waals surface area contributed by atoms with Gasteiger partial charge in [-0.1, -0.05) is 23.2 Å². The predicted octanol–water partition coefficient (Wildman–Crippen LogP) is 5.34. The molecule has 2 N–H and O–H groups in total. The van der Waals surface area contributed by atoms with Crippen LogP contribution in [0.4, 0.5) is 18.9 Å². The monoisotopic (exact) mass is 482 g/mol. The van der Waals surface area contributed by atoms with Gasteiger partial charge in [0.2, 0.25) is 0 Å². The summed E-state index contributed by atoms with van der Waals surface area (Å²) in [5.41, 5.74) is -1.46. The molecule has 0 aliphatic heterocycles. The van der Waals surface area contributed by atoms with Crippen LogP contribution in [0, 0.1) is 0 Å². The van der Waals surface area contributed by atoms with Crippen molar-refractivity contribution in [2.45, 2.75) is 25.1 Å². The van der Waals surface area contributed by atoms with E-state index in [-0.39, 0.29) is 33.9 Å². The van der Waals surface area contributed by atoms with Crippen molar-refractivity contribution >= 4 is 40.7 Å². The number of rotatable bonds is 5. The van der Waals surface area contributed by atoms with Gasteiger partial charge in [0.15, 0.2) is 5.69 Å². The Balaban J connectivity index is 1.60. The molecule has 1 saturated carbocycles. The van der Waals surface area contributed by atoms with Crippen LogP contribution in [0.2, 0.25) is 10.0 Å². The third-order valence-corrected chi connectivity index (χ3v) is 5.30. The molecule has 1 aromatic heterocycles. The minimum absolute atomic E-state index is 0.0638. The molecule has 32 heavy (non-hydrogen) atoms. The zero-order valence-corrected chi connectivity index (χ0v) is 17.7. The number of hydrogen-bond donors (Lipinski definition) is 2. The molecule has 0 spiro atoms. The van der Waals surface area contributed by atoms with Gasteiger partial charge in [-0.3, -0.25) is 9.59 Å². The number of carbonyl (C=O) groups is 2. The molecule has 4 rings (SSSR count). The van der Waals surface area contributed by atoms with Crippen molar-refractivity contribution < 1.29 is 22.8 Å². The van der Waals surface area contributed by atoms with E-state index < -0.39 is 23.3 Å². The molecule has 166 valence electrons. The van der Waals surface area contributed by atoms with Crippen LogP contribution in [0.15, 0.2) is 48.7 Å². The molecule has 1 heterocycles. The van der Waals surface area contributed by atoms with E-state index in [1.165, 1.54) is 42.5 Å². The first kappa shape index (κ1) is 22.2. The van der Waals surface area contributed by atoms with Gasteiger partial charge in [0.25, 0.3) is 11.8 Å². The van der Waals surface area contributed by atoms with Crippen LogP contribution in [0.3, 0.4) is 0 Å². The number of nitrogens with zero attached hydrogens (tertiary/aromatic N) is 2. The molecule has 1 aliphatic carbocycles. The van der Waals surface area contributed by atoms with Gasteiger partial charge in [-0.25, -0.2) is 4.68 Å². The van der Waals surface area contributed by atoms with E-state index in [4.69, 9.17) is 23.2 Å². The van der Waals surface area contributed by atoms with Crippen LogP contribution < -0.4 is 10.6 Å². The van der Waals surface area contributed by atoms with Gasteiger partial charge < -0.3 is 10.6 Å². The highest BCUT2D eigenvalue weighted by Gasteiger charge is 2.40. The zero-order valence-electron chi connectivity index (χ0n) is 16.2. The van der Waals surface area contributed by atoms with Crippen LogP contribution in [0.5, 0.6) is 0 Å². The van der Waals surface area contributed by atoms with E-state index in [1.54, 1.807) is 0 Å². The summed E-state index contributed by atoms with van der Waals surface area (Å²) in [7, 11) is 0. The van der Waals surface area contributed by atoms with E-state index in [9.17, 15) is 22.8 Å². The first-order valence-corrected chi connectivity index (χ1v) is 10.2. The maximum Gasteiger partial charge on any atom is 0.434 e. The van der Waals surface area contributed by atoms with Crippen LogP contribution in [0.25, 0.3) is 5.69 Å². The van der Waals surface area contributed by atoms with Crippen LogP contribution in [-0.2, 0) is 6.18 Å². The maximum absolute atomic E-state index is 13.8. The van der Waals surface area contributed by atoms with Crippen molar-refractivity contribution in [3.8, 4) is 5.69 Å². The summed E-state index contributed by atoms with van der Waals surface area (Å²) in [6.07, 6.45) is -2.21. The van der Waals surface area contributed by atoms with Crippen molar-refractivity contribution in [1.82, 2.24) is 15.1 Å². The lowest BCUT2D eigenvalue weighted by molar-refractivity contribution is -0.143. The van der Waals surface area contributed by atoms with E-state index in [1.807, 2.05) is 0 Å². The highest BCUT2D eigenvalue weighted by molar-refractivity contribution is 6.34. The second kappa shape index (κ2) is 8.48. The van der Waals surface area contributed by atoms with E-state index in [2.05, 4.69) is 15.7 Å². The second-order valence-corrected chi connectivity index (χ2v) is 8.03. The molecule has 0 atom stereocenters. The number of anilines is 1. The lowest BCUT2D eigenvalue weighted by atomic mass is 10.1. The number of alkyl halides is 3. The van der Waals surface area contributed by atoms with Crippen molar-refractivity contribution in [3.63, 3.8) is 0 Å². The molecule has 0 unspecified atom stereocenters. The van der Waals surface area contributed by atoms with Crippen molar-refractivity contribution in [3.05, 3.63) is 75.5 Å². The van der Waals surface area contributed by atoms with Gasteiger partial charge in [-0.05, 0) is 55.3 Å². The molecule has 6 nitrogen and oxygen atoms in total. The fraction of sp³-hybridized carbons (Fsp3) is 0.190. The third-order valence-electron chi connectivity index (χ3n) is 4.74.